The minimum absolute atomic E-state index is 0.0691. The van der Waals surface area contributed by atoms with E-state index in [-0.39, 0.29) is 11.7 Å². The lowest BCUT2D eigenvalue weighted by Gasteiger charge is -2.22. The van der Waals surface area contributed by atoms with Crippen molar-refractivity contribution in [1.82, 2.24) is 0 Å². The maximum Gasteiger partial charge on any atom is 0.276 e. The molecule has 6 heteroatoms. The van der Waals surface area contributed by atoms with Gasteiger partial charge in [-0.15, -0.1) is 0 Å². The number of carbonyl (C=O) groups is 1. The Bertz CT molecular complexity index is 408. The second-order valence-electron chi connectivity index (χ2n) is 2.72. The van der Waals surface area contributed by atoms with E-state index < -0.39 is 5.01 Å². The van der Waals surface area contributed by atoms with Gasteiger partial charge in [0, 0.05) is 6.07 Å². The van der Waals surface area contributed by atoms with Gasteiger partial charge in [-0.05, 0) is 37.9 Å². The third-order valence-electron chi connectivity index (χ3n) is 1.74. The molecule has 4 nitrogen and oxygen atoms in total. The Morgan fingerprint density at radius 3 is 2.93 bits per heavy atom. The number of phenolic OH excluding ortho intramolecular Hbond substituents is 1. The molecule has 0 spiro atoms. The zero-order valence-corrected chi connectivity index (χ0v) is 9.92. The van der Waals surface area contributed by atoms with Gasteiger partial charge in [-0.25, -0.2) is 0 Å². The van der Waals surface area contributed by atoms with Crippen LogP contribution in [0.2, 0.25) is 0 Å². The molecular weight excluding hydrogens is 318 g/mol. The molecule has 1 unspecified atom stereocenters. The number of benzene rings is 1. The van der Waals surface area contributed by atoms with Crippen LogP contribution in [0.15, 0.2) is 16.6 Å². The number of carbonyl (C=O) groups excluding carboxylic acids is 1. The topological polar surface area (TPSA) is 58.6 Å². The molecule has 0 fully saturated rings. The van der Waals surface area contributed by atoms with Gasteiger partial charge in [0.05, 0.1) is 10.2 Å². The van der Waals surface area contributed by atoms with Crippen LogP contribution in [-0.4, -0.2) is 16.0 Å². The second-order valence-corrected chi connectivity index (χ2v) is 4.41. The molecule has 1 aliphatic rings. The summed E-state index contributed by atoms with van der Waals surface area (Å²) >= 11 is 6.18. The molecule has 1 aromatic carbocycles. The van der Waals surface area contributed by atoms with E-state index in [4.69, 9.17) is 4.74 Å². The number of halogens is 2. The molecule has 0 aliphatic carbocycles. The van der Waals surface area contributed by atoms with Crippen molar-refractivity contribution in [2.75, 3.05) is 5.32 Å². The Balaban J connectivity index is 2.47. The molecule has 1 aliphatic heterocycles. The van der Waals surface area contributed by atoms with Crippen LogP contribution in [-0.2, 0) is 4.79 Å². The maximum atomic E-state index is 11.2. The fourth-order valence-electron chi connectivity index (χ4n) is 1.09. The van der Waals surface area contributed by atoms with Crippen molar-refractivity contribution >= 4 is 43.5 Å². The van der Waals surface area contributed by atoms with Gasteiger partial charge >= 0.3 is 0 Å². The van der Waals surface area contributed by atoms with Crippen LogP contribution in [0.1, 0.15) is 0 Å². The van der Waals surface area contributed by atoms with Gasteiger partial charge in [0.25, 0.3) is 5.91 Å². The first-order valence-electron chi connectivity index (χ1n) is 3.72. The van der Waals surface area contributed by atoms with E-state index in [9.17, 15) is 9.90 Å². The van der Waals surface area contributed by atoms with Crippen molar-refractivity contribution in [3.8, 4) is 11.5 Å². The Morgan fingerprint density at radius 1 is 1.50 bits per heavy atom. The van der Waals surface area contributed by atoms with Gasteiger partial charge in [-0.1, -0.05) is 0 Å². The molecule has 0 bridgehead atoms. The summed E-state index contributed by atoms with van der Waals surface area (Å²) in [5, 5.41) is 11.3. The minimum atomic E-state index is -0.712. The Kier molecular flexibility index (Phi) is 2.40. The van der Waals surface area contributed by atoms with Crippen LogP contribution in [0.5, 0.6) is 11.5 Å². The molecule has 0 aromatic heterocycles. The van der Waals surface area contributed by atoms with E-state index in [1.54, 1.807) is 6.07 Å². The van der Waals surface area contributed by atoms with E-state index in [0.717, 1.165) is 0 Å². The standard InChI is InChI=1S/C8H5Br2NO3/c9-3-1-4-6(2-5(3)12)14-7(10)8(13)11-4/h1-2,7,12H,(H,11,13). The number of ether oxygens (including phenoxy) is 1. The molecule has 1 aromatic rings. The number of nitrogens with one attached hydrogen (secondary N) is 1. The summed E-state index contributed by atoms with van der Waals surface area (Å²) in [6.07, 6.45) is 0. The average Bonchev–Trinajstić information content (AvgIpc) is 2.11. The Hall–Kier alpha value is -0.750. The highest BCUT2D eigenvalue weighted by Gasteiger charge is 2.25. The lowest BCUT2D eigenvalue weighted by molar-refractivity contribution is -0.119. The molecule has 1 amide bonds. The van der Waals surface area contributed by atoms with Crippen LogP contribution in [0.25, 0.3) is 0 Å². The summed E-state index contributed by atoms with van der Waals surface area (Å²) in [5.74, 6) is 0.238. The zero-order chi connectivity index (χ0) is 10.3. The molecule has 1 atom stereocenters. The molecule has 0 radical (unpaired) electrons. The molecule has 2 N–H and O–H groups in total. The third kappa shape index (κ3) is 1.59. The predicted molar refractivity (Wildman–Crippen MR) is 57.8 cm³/mol. The van der Waals surface area contributed by atoms with Crippen LogP contribution in [0.4, 0.5) is 5.69 Å². The third-order valence-corrected chi connectivity index (χ3v) is 2.98. The maximum absolute atomic E-state index is 11.2. The normalized spacial score (nSPS) is 19.6. The van der Waals surface area contributed by atoms with Gasteiger partial charge in [-0.2, -0.15) is 0 Å². The first-order valence-corrected chi connectivity index (χ1v) is 5.43. The summed E-state index contributed by atoms with van der Waals surface area (Å²) in [5.41, 5.74) is 0.537. The summed E-state index contributed by atoms with van der Waals surface area (Å²) in [6.45, 7) is 0. The van der Waals surface area contributed by atoms with E-state index in [1.807, 2.05) is 0 Å². The van der Waals surface area contributed by atoms with Crippen molar-refractivity contribution in [3.63, 3.8) is 0 Å². The van der Waals surface area contributed by atoms with Crippen molar-refractivity contribution in [3.05, 3.63) is 16.6 Å². The van der Waals surface area contributed by atoms with Gasteiger partial charge in [0.1, 0.15) is 11.5 Å². The largest absolute Gasteiger partial charge is 0.507 e. The first kappa shape index (κ1) is 9.79. The number of hydrogen-bond acceptors (Lipinski definition) is 3. The minimum Gasteiger partial charge on any atom is -0.507 e. The fourth-order valence-corrected chi connectivity index (χ4v) is 1.75. The van der Waals surface area contributed by atoms with Crippen LogP contribution < -0.4 is 10.1 Å². The average molecular weight is 323 g/mol. The number of aromatic hydroxyl groups is 1. The van der Waals surface area contributed by atoms with Crippen molar-refractivity contribution in [2.45, 2.75) is 5.01 Å². The first-order chi connectivity index (χ1) is 6.58. The van der Waals surface area contributed by atoms with Gasteiger partial charge < -0.3 is 15.2 Å². The number of rotatable bonds is 0. The van der Waals surface area contributed by atoms with Gasteiger partial charge in [-0.3, -0.25) is 4.79 Å². The number of alkyl halides is 1. The van der Waals surface area contributed by atoms with Gasteiger partial charge in [0.15, 0.2) is 0 Å². The van der Waals surface area contributed by atoms with E-state index >= 15 is 0 Å². The number of amides is 1. The quantitative estimate of drug-likeness (QED) is 0.568. The Morgan fingerprint density at radius 2 is 2.21 bits per heavy atom. The van der Waals surface area contributed by atoms with Crippen molar-refractivity contribution in [2.24, 2.45) is 0 Å². The smallest absolute Gasteiger partial charge is 0.276 e. The van der Waals surface area contributed by atoms with Crippen LogP contribution in [0, 0.1) is 0 Å². The van der Waals surface area contributed by atoms with E-state index in [1.165, 1.54) is 6.07 Å². The predicted octanol–water partition coefficient (Wildman–Crippen LogP) is 2.21. The second kappa shape index (κ2) is 3.43. The SMILES string of the molecule is O=C1Nc2cc(Br)c(O)cc2OC1Br. The number of anilines is 1. The van der Waals surface area contributed by atoms with Crippen LogP contribution >= 0.6 is 31.9 Å². The fraction of sp³-hybridized carbons (Fsp3) is 0.125. The summed E-state index contributed by atoms with van der Waals surface area (Å²) < 4.78 is 5.71. The summed E-state index contributed by atoms with van der Waals surface area (Å²) in [6, 6.07) is 3.02. The molecule has 0 saturated heterocycles. The van der Waals surface area contributed by atoms with Gasteiger partial charge in [0.2, 0.25) is 5.01 Å². The Labute approximate surface area is 96.5 Å². The zero-order valence-electron chi connectivity index (χ0n) is 6.75. The molecule has 2 rings (SSSR count). The number of fused-ring (bicyclic) bond motifs is 1. The van der Waals surface area contributed by atoms with Crippen molar-refractivity contribution in [1.29, 1.82) is 0 Å². The molecule has 0 saturated carbocycles. The van der Waals surface area contributed by atoms with E-state index in [2.05, 4.69) is 37.2 Å². The molecule has 14 heavy (non-hydrogen) atoms. The highest BCUT2D eigenvalue weighted by Crippen LogP contribution is 2.38. The monoisotopic (exact) mass is 321 g/mol. The number of phenols is 1. The lowest BCUT2D eigenvalue weighted by atomic mass is 10.2. The summed E-state index contributed by atoms with van der Waals surface area (Å²) in [7, 11) is 0. The van der Waals surface area contributed by atoms with Crippen molar-refractivity contribution < 1.29 is 14.6 Å². The number of hydrogen-bond donors (Lipinski definition) is 2. The molecular formula is C8H5Br2NO3. The molecule has 1 heterocycles. The summed E-state index contributed by atoms with van der Waals surface area (Å²) in [4.78, 5) is 11.2. The highest BCUT2D eigenvalue weighted by atomic mass is 79.9. The molecule has 74 valence electrons. The van der Waals surface area contributed by atoms with E-state index in [0.29, 0.717) is 15.9 Å². The van der Waals surface area contributed by atoms with Crippen LogP contribution in [0.3, 0.4) is 0 Å². The highest BCUT2D eigenvalue weighted by molar-refractivity contribution is 9.10. The lowest BCUT2D eigenvalue weighted by Crippen LogP contribution is -2.32.